The zero-order chi connectivity index (χ0) is 11.9. The number of amides is 1. The molecule has 17 heavy (non-hydrogen) atoms. The fraction of sp³-hybridized carbons (Fsp3) is 0.417. The first kappa shape index (κ1) is 10.3. The molecule has 0 atom stereocenters. The van der Waals surface area contributed by atoms with Crippen LogP contribution in [0.1, 0.15) is 12.8 Å². The van der Waals surface area contributed by atoms with Gasteiger partial charge in [0.2, 0.25) is 0 Å². The number of carbonyl (C=O) groups is 1. The van der Waals surface area contributed by atoms with Crippen molar-refractivity contribution in [2.75, 3.05) is 13.1 Å². The van der Waals surface area contributed by atoms with Crippen LogP contribution in [-0.4, -0.2) is 39.8 Å². The van der Waals surface area contributed by atoms with Crippen molar-refractivity contribution in [1.29, 1.82) is 0 Å². The highest BCUT2D eigenvalue weighted by Gasteiger charge is 2.43. The minimum Gasteiger partial charge on any atom is -0.465 e. The summed E-state index contributed by atoms with van der Waals surface area (Å²) in [7, 11) is 0. The molecule has 90 valence electrons. The predicted molar refractivity (Wildman–Crippen MR) is 62.9 cm³/mol. The maximum Gasteiger partial charge on any atom is 0.407 e. The average Bonchev–Trinajstić information content (AvgIpc) is 2.70. The van der Waals surface area contributed by atoms with E-state index in [1.54, 1.807) is 0 Å². The molecule has 0 unspecified atom stereocenters. The van der Waals surface area contributed by atoms with Gasteiger partial charge < -0.3 is 20.2 Å². The zero-order valence-electron chi connectivity index (χ0n) is 9.47. The molecule has 3 heterocycles. The maximum atomic E-state index is 10.9. The first-order chi connectivity index (χ1) is 8.21. The lowest BCUT2D eigenvalue weighted by atomic mass is 9.95. The van der Waals surface area contributed by atoms with Crippen LogP contribution in [0.15, 0.2) is 36.3 Å². The number of likely N-dealkylation sites (tertiary alicyclic amines) is 1. The van der Waals surface area contributed by atoms with E-state index < -0.39 is 6.09 Å². The van der Waals surface area contributed by atoms with Gasteiger partial charge >= 0.3 is 6.09 Å². The van der Waals surface area contributed by atoms with Crippen LogP contribution in [0.5, 0.6) is 0 Å². The molecule has 1 saturated heterocycles. The predicted octanol–water partition coefficient (Wildman–Crippen LogP) is 1.29. The molecule has 0 saturated carbocycles. The first-order valence-corrected chi connectivity index (χ1v) is 5.81. The van der Waals surface area contributed by atoms with Crippen LogP contribution in [0.4, 0.5) is 4.79 Å². The molecule has 3 aliphatic heterocycles. The molecule has 0 aromatic heterocycles. The second kappa shape index (κ2) is 3.55. The number of hydrogen-bond acceptors (Lipinski definition) is 3. The lowest BCUT2D eigenvalue weighted by molar-refractivity contribution is 0.0690. The molecule has 0 radical (unpaired) electrons. The van der Waals surface area contributed by atoms with E-state index >= 15 is 0 Å². The van der Waals surface area contributed by atoms with Crippen molar-refractivity contribution < 1.29 is 9.90 Å². The fourth-order valence-corrected chi connectivity index (χ4v) is 2.69. The van der Waals surface area contributed by atoms with Gasteiger partial charge in [-0.15, -0.1) is 0 Å². The van der Waals surface area contributed by atoms with E-state index in [-0.39, 0.29) is 5.66 Å². The Bertz CT molecular complexity index is 431. The quantitative estimate of drug-likeness (QED) is 0.662. The lowest BCUT2D eigenvalue weighted by Crippen LogP contribution is -2.57. The Morgan fingerprint density at radius 2 is 2.12 bits per heavy atom. The van der Waals surface area contributed by atoms with Gasteiger partial charge in [-0.2, -0.15) is 0 Å². The van der Waals surface area contributed by atoms with Crippen molar-refractivity contribution in [3.05, 3.63) is 36.3 Å². The summed E-state index contributed by atoms with van der Waals surface area (Å²) in [5.74, 6) is 0. The highest BCUT2D eigenvalue weighted by Crippen LogP contribution is 2.35. The molecule has 1 amide bonds. The van der Waals surface area contributed by atoms with Crippen LogP contribution in [0.25, 0.3) is 0 Å². The van der Waals surface area contributed by atoms with Crippen molar-refractivity contribution in [1.82, 2.24) is 15.1 Å². The van der Waals surface area contributed by atoms with Crippen LogP contribution in [0, 0.1) is 0 Å². The summed E-state index contributed by atoms with van der Waals surface area (Å²) in [6.45, 7) is 1.16. The standard InChI is InChI=1S/C12H15N3O2/c16-11(17)14-7-4-12(5-8-14)13-9-10-3-1-2-6-15(10)12/h1-3,6,9,13H,4-5,7-8H2,(H,16,17). The lowest BCUT2D eigenvalue weighted by Gasteiger charge is -2.44. The largest absolute Gasteiger partial charge is 0.465 e. The van der Waals surface area contributed by atoms with E-state index in [1.807, 2.05) is 18.4 Å². The third-order valence-corrected chi connectivity index (χ3v) is 3.70. The van der Waals surface area contributed by atoms with Gasteiger partial charge in [-0.05, 0) is 12.2 Å². The Labute approximate surface area is 99.7 Å². The SMILES string of the molecule is O=C(O)N1CCC2(CC1)NC=C1C=CC=CN12. The van der Waals surface area contributed by atoms with Crippen LogP contribution in [0.3, 0.4) is 0 Å². The number of nitrogens with zero attached hydrogens (tertiary/aromatic N) is 2. The molecule has 0 bridgehead atoms. The summed E-state index contributed by atoms with van der Waals surface area (Å²) in [6, 6.07) is 0. The van der Waals surface area contributed by atoms with Gasteiger partial charge in [0.25, 0.3) is 0 Å². The smallest absolute Gasteiger partial charge is 0.407 e. The normalized spacial score (nSPS) is 24.6. The van der Waals surface area contributed by atoms with Gasteiger partial charge in [-0.1, -0.05) is 6.08 Å². The molecule has 3 aliphatic rings. The molecule has 0 aromatic carbocycles. The number of nitrogens with one attached hydrogen (secondary N) is 1. The van der Waals surface area contributed by atoms with Gasteiger partial charge in [-0.3, -0.25) is 0 Å². The number of hydrogen-bond donors (Lipinski definition) is 2. The highest BCUT2D eigenvalue weighted by molar-refractivity contribution is 5.65. The van der Waals surface area contributed by atoms with Crippen molar-refractivity contribution in [3.63, 3.8) is 0 Å². The summed E-state index contributed by atoms with van der Waals surface area (Å²) < 4.78 is 0. The summed E-state index contributed by atoms with van der Waals surface area (Å²) in [6.07, 6.45) is 10.9. The Kier molecular flexibility index (Phi) is 2.14. The van der Waals surface area contributed by atoms with E-state index in [4.69, 9.17) is 5.11 Å². The fourth-order valence-electron chi connectivity index (χ4n) is 2.69. The summed E-state index contributed by atoms with van der Waals surface area (Å²) >= 11 is 0. The second-order valence-electron chi connectivity index (χ2n) is 4.59. The molecule has 2 N–H and O–H groups in total. The first-order valence-electron chi connectivity index (χ1n) is 5.81. The Hall–Kier alpha value is -1.91. The summed E-state index contributed by atoms with van der Waals surface area (Å²) in [4.78, 5) is 14.6. The Morgan fingerprint density at radius 3 is 2.82 bits per heavy atom. The molecular formula is C12H15N3O2. The molecule has 5 heteroatoms. The second-order valence-corrected chi connectivity index (χ2v) is 4.59. The van der Waals surface area contributed by atoms with Crippen LogP contribution in [0.2, 0.25) is 0 Å². The van der Waals surface area contributed by atoms with E-state index in [1.165, 1.54) is 4.90 Å². The molecule has 3 rings (SSSR count). The van der Waals surface area contributed by atoms with Crippen molar-refractivity contribution in [2.24, 2.45) is 0 Å². The summed E-state index contributed by atoms with van der Waals surface area (Å²) in [5.41, 5.74) is 1.03. The van der Waals surface area contributed by atoms with Crippen molar-refractivity contribution in [2.45, 2.75) is 18.5 Å². The molecular weight excluding hydrogens is 218 g/mol. The van der Waals surface area contributed by atoms with Crippen molar-refractivity contribution >= 4 is 6.09 Å². The van der Waals surface area contributed by atoms with Crippen LogP contribution >= 0.6 is 0 Å². The third kappa shape index (κ3) is 1.50. The van der Waals surface area contributed by atoms with Gasteiger partial charge in [-0.25, -0.2) is 4.79 Å². The summed E-state index contributed by atoms with van der Waals surface area (Å²) in [5, 5.41) is 12.4. The number of carboxylic acid groups (broad SMARTS) is 1. The molecule has 0 aliphatic carbocycles. The van der Waals surface area contributed by atoms with Gasteiger partial charge in [0.05, 0.1) is 5.70 Å². The zero-order valence-corrected chi connectivity index (χ0v) is 9.47. The number of piperidine rings is 1. The van der Waals surface area contributed by atoms with E-state index in [9.17, 15) is 4.79 Å². The number of rotatable bonds is 0. The minimum absolute atomic E-state index is 0.122. The van der Waals surface area contributed by atoms with Gasteiger partial charge in [0, 0.05) is 38.3 Å². The highest BCUT2D eigenvalue weighted by atomic mass is 16.4. The van der Waals surface area contributed by atoms with Crippen LogP contribution < -0.4 is 5.32 Å². The number of fused-ring (bicyclic) bond motifs is 2. The van der Waals surface area contributed by atoms with Gasteiger partial charge in [0.1, 0.15) is 5.66 Å². The monoisotopic (exact) mass is 233 g/mol. The Balaban J connectivity index is 1.76. The van der Waals surface area contributed by atoms with E-state index in [0.29, 0.717) is 13.1 Å². The molecule has 0 aromatic rings. The van der Waals surface area contributed by atoms with E-state index in [0.717, 1.165) is 18.5 Å². The van der Waals surface area contributed by atoms with Crippen LogP contribution in [-0.2, 0) is 0 Å². The molecule has 5 nitrogen and oxygen atoms in total. The van der Waals surface area contributed by atoms with Gasteiger partial charge in [0.15, 0.2) is 0 Å². The third-order valence-electron chi connectivity index (χ3n) is 3.70. The van der Waals surface area contributed by atoms with E-state index in [2.05, 4.69) is 22.5 Å². The average molecular weight is 233 g/mol. The van der Waals surface area contributed by atoms with Crippen molar-refractivity contribution in [3.8, 4) is 0 Å². The number of allylic oxidation sites excluding steroid dienone is 3. The minimum atomic E-state index is -0.819. The Morgan fingerprint density at radius 1 is 1.35 bits per heavy atom. The molecule has 1 fully saturated rings. The molecule has 1 spiro atoms. The topological polar surface area (TPSA) is 55.8 Å². The maximum absolute atomic E-state index is 10.9.